The maximum Gasteiger partial charge on any atom is 0.241 e. The average Bonchev–Trinajstić information content (AvgIpc) is 2.79. The number of rotatable bonds is 10. The molecule has 0 aliphatic heterocycles. The van der Waals surface area contributed by atoms with Crippen molar-refractivity contribution in [3.05, 3.63) is 83.8 Å². The summed E-state index contributed by atoms with van der Waals surface area (Å²) >= 11 is 0. The van der Waals surface area contributed by atoms with Crippen LogP contribution in [-0.2, 0) is 21.4 Å². The Hall–Kier alpha value is -3.30. The molecule has 1 amide bonds. The molecule has 3 rings (SSSR count). The Morgan fingerprint density at radius 2 is 1.71 bits per heavy atom. The first kappa shape index (κ1) is 25.3. The Morgan fingerprint density at radius 1 is 1.03 bits per heavy atom. The highest BCUT2D eigenvalue weighted by Gasteiger charge is 2.26. The van der Waals surface area contributed by atoms with Gasteiger partial charge >= 0.3 is 0 Å². The van der Waals surface area contributed by atoms with Crippen LogP contribution in [0.25, 0.3) is 0 Å². The molecular weight excluding hydrogens is 457 g/mol. The van der Waals surface area contributed by atoms with Crippen LogP contribution < -0.4 is 14.8 Å². The number of aromatic nitrogens is 1. The lowest BCUT2D eigenvalue weighted by Crippen LogP contribution is -2.47. The van der Waals surface area contributed by atoms with Gasteiger partial charge in [0.2, 0.25) is 21.8 Å². The summed E-state index contributed by atoms with van der Waals surface area (Å²) in [6, 6.07) is 14.5. The van der Waals surface area contributed by atoms with Crippen molar-refractivity contribution in [2.45, 2.75) is 44.7 Å². The minimum Gasteiger partial charge on any atom is -0.439 e. The van der Waals surface area contributed by atoms with Crippen molar-refractivity contribution >= 4 is 15.9 Å². The number of pyridine rings is 1. The van der Waals surface area contributed by atoms with Crippen LogP contribution in [0.4, 0.5) is 4.39 Å². The topological polar surface area (TPSA) is 97.4 Å². The van der Waals surface area contributed by atoms with E-state index in [2.05, 4.69) is 15.0 Å². The van der Waals surface area contributed by atoms with Crippen molar-refractivity contribution in [1.29, 1.82) is 0 Å². The van der Waals surface area contributed by atoms with Gasteiger partial charge in [-0.1, -0.05) is 37.6 Å². The maximum atomic E-state index is 13.0. The van der Waals surface area contributed by atoms with E-state index in [1.807, 2.05) is 20.8 Å². The molecule has 0 saturated carbocycles. The Morgan fingerprint density at radius 3 is 2.29 bits per heavy atom. The van der Waals surface area contributed by atoms with Gasteiger partial charge in [0.15, 0.2) is 0 Å². The smallest absolute Gasteiger partial charge is 0.241 e. The zero-order valence-corrected chi connectivity index (χ0v) is 20.1. The van der Waals surface area contributed by atoms with Gasteiger partial charge in [-0.2, -0.15) is 4.72 Å². The van der Waals surface area contributed by atoms with Crippen molar-refractivity contribution < 1.29 is 22.3 Å². The number of hydrogen-bond acceptors (Lipinski definition) is 5. The summed E-state index contributed by atoms with van der Waals surface area (Å²) in [7, 11) is -3.85. The Balaban J connectivity index is 1.61. The molecule has 1 atom stereocenters. The Bertz CT molecular complexity index is 1200. The van der Waals surface area contributed by atoms with E-state index in [1.165, 1.54) is 36.4 Å². The minimum absolute atomic E-state index is 0.0982. The van der Waals surface area contributed by atoms with Crippen LogP contribution in [0.5, 0.6) is 11.6 Å². The molecule has 0 bridgehead atoms. The Kier molecular flexibility index (Phi) is 8.36. The summed E-state index contributed by atoms with van der Waals surface area (Å²) in [4.78, 5) is 17.1. The number of halogens is 1. The van der Waals surface area contributed by atoms with E-state index >= 15 is 0 Å². The van der Waals surface area contributed by atoms with E-state index in [0.29, 0.717) is 23.6 Å². The van der Waals surface area contributed by atoms with Gasteiger partial charge in [-0.25, -0.2) is 17.8 Å². The van der Waals surface area contributed by atoms with E-state index in [4.69, 9.17) is 4.74 Å². The lowest BCUT2D eigenvalue weighted by Gasteiger charge is -2.20. The quantitative estimate of drug-likeness (QED) is 0.446. The molecule has 2 N–H and O–H groups in total. The maximum absolute atomic E-state index is 13.0. The number of nitrogens with one attached hydrogen (secondary N) is 2. The largest absolute Gasteiger partial charge is 0.439 e. The molecule has 1 heterocycles. The van der Waals surface area contributed by atoms with E-state index in [0.717, 1.165) is 5.56 Å². The lowest BCUT2D eigenvalue weighted by molar-refractivity contribution is -0.123. The van der Waals surface area contributed by atoms with Crippen LogP contribution in [0.1, 0.15) is 31.4 Å². The number of sulfonamides is 1. The molecule has 2 aromatic carbocycles. The predicted octanol–water partition coefficient (Wildman–Crippen LogP) is 4.33. The van der Waals surface area contributed by atoms with Crippen molar-refractivity contribution in [3.8, 4) is 11.6 Å². The molecule has 1 unspecified atom stereocenters. The van der Waals surface area contributed by atoms with E-state index in [-0.39, 0.29) is 23.2 Å². The molecular formula is C25H28FN3O4S. The third kappa shape index (κ3) is 7.36. The van der Waals surface area contributed by atoms with Crippen LogP contribution in [-0.4, -0.2) is 25.4 Å². The normalized spacial score (nSPS) is 12.4. The summed E-state index contributed by atoms with van der Waals surface area (Å²) in [5.41, 5.74) is 1.66. The zero-order chi connectivity index (χ0) is 24.7. The van der Waals surface area contributed by atoms with Crippen LogP contribution in [0.3, 0.4) is 0 Å². The third-order valence-electron chi connectivity index (χ3n) is 4.95. The number of ether oxygens (including phenoxy) is 1. The molecule has 0 aliphatic rings. The summed E-state index contributed by atoms with van der Waals surface area (Å²) in [6.45, 7) is 5.88. The van der Waals surface area contributed by atoms with Crippen LogP contribution in [0.2, 0.25) is 0 Å². The van der Waals surface area contributed by atoms with Crippen LogP contribution in [0.15, 0.2) is 71.8 Å². The summed E-state index contributed by atoms with van der Waals surface area (Å²) < 4.78 is 46.7. The summed E-state index contributed by atoms with van der Waals surface area (Å²) in [5, 5.41) is 2.77. The highest BCUT2D eigenvalue weighted by molar-refractivity contribution is 7.89. The van der Waals surface area contributed by atoms with E-state index in [1.54, 1.807) is 30.5 Å². The number of carbonyl (C=O) groups excluding carboxylic acids is 1. The fourth-order valence-electron chi connectivity index (χ4n) is 3.16. The molecule has 9 heteroatoms. The first-order chi connectivity index (χ1) is 16.1. The first-order valence-corrected chi connectivity index (χ1v) is 12.4. The second-order valence-electron chi connectivity index (χ2n) is 8.39. The predicted molar refractivity (Wildman–Crippen MR) is 127 cm³/mol. The van der Waals surface area contributed by atoms with Gasteiger partial charge in [-0.3, -0.25) is 4.79 Å². The van der Waals surface area contributed by atoms with Gasteiger partial charge in [-0.05, 0) is 61.2 Å². The molecule has 7 nitrogen and oxygen atoms in total. The molecule has 0 aliphatic carbocycles. The molecule has 0 radical (unpaired) electrons. The van der Waals surface area contributed by atoms with E-state index in [9.17, 15) is 17.6 Å². The first-order valence-electron chi connectivity index (χ1n) is 10.9. The van der Waals surface area contributed by atoms with Gasteiger partial charge in [0.25, 0.3) is 0 Å². The summed E-state index contributed by atoms with van der Waals surface area (Å²) in [6.07, 6.45) is 1.90. The van der Waals surface area contributed by atoms with Crippen molar-refractivity contribution in [3.63, 3.8) is 0 Å². The number of hydrogen-bond donors (Lipinski definition) is 2. The molecule has 0 fully saturated rings. The van der Waals surface area contributed by atoms with Gasteiger partial charge < -0.3 is 10.1 Å². The fraction of sp³-hybridized carbons (Fsp3) is 0.280. The molecule has 3 aromatic rings. The third-order valence-corrected chi connectivity index (χ3v) is 6.44. The second-order valence-corrected chi connectivity index (χ2v) is 10.1. The lowest BCUT2D eigenvalue weighted by atomic mass is 10.0. The standard InChI is InChI=1S/C25H28FN3O4S/c1-17(2)14-23(29-34(31,32)22-11-4-18(3)5-12-22)25(30)28-16-19-6-13-24(27-15-19)33-21-9-7-20(26)8-10-21/h4-13,15,17,23,29H,14,16H2,1-3H3,(H,28,30). The SMILES string of the molecule is Cc1ccc(S(=O)(=O)NC(CC(C)C)C(=O)NCc2ccc(Oc3ccc(F)cc3)nc2)cc1. The van der Waals surface area contributed by atoms with Crippen LogP contribution >= 0.6 is 0 Å². The van der Waals surface area contributed by atoms with Gasteiger partial charge in [0.05, 0.1) is 4.90 Å². The van der Waals surface area contributed by atoms with Gasteiger partial charge in [0, 0.05) is 18.8 Å². The highest BCUT2D eigenvalue weighted by atomic mass is 32.2. The Labute approximate surface area is 199 Å². The monoisotopic (exact) mass is 485 g/mol. The van der Waals surface area contributed by atoms with Crippen molar-refractivity contribution in [2.75, 3.05) is 0 Å². The number of carbonyl (C=O) groups is 1. The van der Waals surface area contributed by atoms with Gasteiger partial charge in [-0.15, -0.1) is 0 Å². The fourth-order valence-corrected chi connectivity index (χ4v) is 4.37. The number of nitrogens with zero attached hydrogens (tertiary/aromatic N) is 1. The summed E-state index contributed by atoms with van der Waals surface area (Å²) in [5.74, 6) is 0.0953. The number of benzene rings is 2. The van der Waals surface area contributed by atoms with Crippen molar-refractivity contribution in [2.24, 2.45) is 5.92 Å². The zero-order valence-electron chi connectivity index (χ0n) is 19.3. The molecule has 0 spiro atoms. The number of aryl methyl sites for hydroxylation is 1. The van der Waals surface area contributed by atoms with Crippen LogP contribution in [0, 0.1) is 18.7 Å². The highest BCUT2D eigenvalue weighted by Crippen LogP contribution is 2.19. The molecule has 180 valence electrons. The second kappa shape index (κ2) is 11.2. The molecule has 0 saturated heterocycles. The minimum atomic E-state index is -3.85. The van der Waals surface area contributed by atoms with E-state index < -0.39 is 22.0 Å². The molecule has 1 aromatic heterocycles. The number of amides is 1. The average molecular weight is 486 g/mol. The van der Waals surface area contributed by atoms with Gasteiger partial charge in [0.1, 0.15) is 17.6 Å². The molecule has 34 heavy (non-hydrogen) atoms. The van der Waals surface area contributed by atoms with Crippen molar-refractivity contribution in [1.82, 2.24) is 15.0 Å².